The highest BCUT2D eigenvalue weighted by atomic mass is 19.1. The fourth-order valence-electron chi connectivity index (χ4n) is 2.88. The van der Waals surface area contributed by atoms with Gasteiger partial charge in [-0.05, 0) is 43.1 Å². The first-order valence-electron chi connectivity index (χ1n) is 8.45. The second kappa shape index (κ2) is 8.16. The van der Waals surface area contributed by atoms with Crippen LogP contribution >= 0.6 is 0 Å². The minimum Gasteiger partial charge on any atom is -0.508 e. The Bertz CT molecular complexity index is 780. The molecule has 2 aromatic carbocycles. The van der Waals surface area contributed by atoms with Crippen molar-refractivity contribution in [1.29, 1.82) is 0 Å². The fraction of sp³-hybridized carbons (Fsp3) is 0.316. The quantitative estimate of drug-likeness (QED) is 0.568. The normalized spacial score (nSPS) is 14.3. The number of halogens is 1. The molecule has 0 saturated carbocycles. The highest BCUT2D eigenvalue weighted by Crippen LogP contribution is 2.38. The predicted octanol–water partition coefficient (Wildman–Crippen LogP) is 2.12. The topological polar surface area (TPSA) is 90.8 Å². The maximum atomic E-state index is 12.9. The van der Waals surface area contributed by atoms with Crippen molar-refractivity contribution in [1.82, 2.24) is 5.32 Å². The Kier molecular flexibility index (Phi) is 5.70. The largest absolute Gasteiger partial charge is 0.508 e. The van der Waals surface area contributed by atoms with Crippen LogP contribution < -0.4 is 15.4 Å². The van der Waals surface area contributed by atoms with Crippen LogP contribution in [0.2, 0.25) is 0 Å². The van der Waals surface area contributed by atoms with E-state index in [2.05, 4.69) is 10.6 Å². The van der Waals surface area contributed by atoms with Gasteiger partial charge in [0.25, 0.3) is 5.91 Å². The Morgan fingerprint density at radius 3 is 2.81 bits per heavy atom. The molecule has 0 spiro atoms. The number of anilines is 1. The Morgan fingerprint density at radius 2 is 2.04 bits per heavy atom. The van der Waals surface area contributed by atoms with Crippen LogP contribution in [0.15, 0.2) is 36.4 Å². The molecule has 4 N–H and O–H groups in total. The number of fused-ring (bicyclic) bond motifs is 1. The lowest BCUT2D eigenvalue weighted by Gasteiger charge is -2.23. The monoisotopic (exact) mass is 360 g/mol. The summed E-state index contributed by atoms with van der Waals surface area (Å²) in [5.41, 5.74) is 1.83. The second-order valence-electron chi connectivity index (χ2n) is 6.20. The average molecular weight is 360 g/mol. The van der Waals surface area contributed by atoms with Crippen LogP contribution in [0.3, 0.4) is 0 Å². The number of carbonyl (C=O) groups excluding carboxylic acids is 1. The fourth-order valence-corrected chi connectivity index (χ4v) is 2.88. The van der Waals surface area contributed by atoms with Gasteiger partial charge in [0, 0.05) is 18.2 Å². The van der Waals surface area contributed by atoms with Gasteiger partial charge in [0.15, 0.2) is 6.61 Å². The molecule has 1 aliphatic heterocycles. The van der Waals surface area contributed by atoms with Gasteiger partial charge in [0.05, 0.1) is 11.8 Å². The molecule has 1 unspecified atom stereocenters. The zero-order valence-corrected chi connectivity index (χ0v) is 14.2. The van der Waals surface area contributed by atoms with E-state index in [-0.39, 0.29) is 30.6 Å². The van der Waals surface area contributed by atoms with E-state index in [0.29, 0.717) is 23.5 Å². The number of aliphatic hydroxyl groups excluding tert-OH is 1. The lowest BCUT2D eigenvalue weighted by Crippen LogP contribution is -2.28. The number of ether oxygens (including phenoxy) is 1. The van der Waals surface area contributed by atoms with Crippen molar-refractivity contribution in [2.45, 2.75) is 18.9 Å². The van der Waals surface area contributed by atoms with E-state index in [1.165, 1.54) is 24.3 Å². The molecule has 2 aromatic rings. The maximum absolute atomic E-state index is 12.9. The number of hydrogen-bond donors (Lipinski definition) is 4. The molecule has 1 atom stereocenters. The molecule has 0 radical (unpaired) electrons. The zero-order valence-electron chi connectivity index (χ0n) is 14.2. The number of phenols is 1. The summed E-state index contributed by atoms with van der Waals surface area (Å²) in [6.45, 7) is 0.826. The molecule has 1 amide bonds. The van der Waals surface area contributed by atoms with Gasteiger partial charge in [0.2, 0.25) is 0 Å². The number of phenolic OH excluding ortho intramolecular Hbond substituents is 1. The number of amides is 1. The molecule has 0 aromatic heterocycles. The highest BCUT2D eigenvalue weighted by molar-refractivity contribution is 5.96. The van der Waals surface area contributed by atoms with Crippen molar-refractivity contribution in [2.24, 2.45) is 0 Å². The minimum absolute atomic E-state index is 0.0556. The smallest absolute Gasteiger partial charge is 0.262 e. The zero-order chi connectivity index (χ0) is 18.5. The van der Waals surface area contributed by atoms with Gasteiger partial charge in [-0.2, -0.15) is 0 Å². The van der Waals surface area contributed by atoms with E-state index in [9.17, 15) is 19.4 Å². The van der Waals surface area contributed by atoms with Crippen molar-refractivity contribution in [3.8, 4) is 11.5 Å². The summed E-state index contributed by atoms with van der Waals surface area (Å²) < 4.78 is 18.3. The third kappa shape index (κ3) is 4.50. The molecule has 1 aliphatic rings. The van der Waals surface area contributed by atoms with E-state index in [1.807, 2.05) is 0 Å². The molecule has 0 aliphatic carbocycles. The summed E-state index contributed by atoms with van der Waals surface area (Å²) in [4.78, 5) is 11.4. The Balaban J connectivity index is 1.51. The summed E-state index contributed by atoms with van der Waals surface area (Å²) in [7, 11) is 0. The highest BCUT2D eigenvalue weighted by Gasteiger charge is 2.24. The van der Waals surface area contributed by atoms with Crippen LogP contribution in [0.1, 0.15) is 23.7 Å². The van der Waals surface area contributed by atoms with Crippen molar-refractivity contribution < 1.29 is 24.1 Å². The number of nitrogens with one attached hydrogen (secondary N) is 2. The lowest BCUT2D eigenvalue weighted by atomic mass is 10.0. The summed E-state index contributed by atoms with van der Waals surface area (Å²) >= 11 is 0. The Morgan fingerprint density at radius 1 is 1.27 bits per heavy atom. The first-order chi connectivity index (χ1) is 12.5. The maximum Gasteiger partial charge on any atom is 0.262 e. The standard InChI is InChI=1S/C19H21FN2O4/c20-13-5-3-12(4-6-13)2-1-7-21-10-17(24)15-8-14(23)9-16-19(15)26-11-18(25)22-16/h3-6,8-9,17,21,23-24H,1-2,7,10-11H2,(H,22,25). The van der Waals surface area contributed by atoms with Crippen LogP contribution in [0.4, 0.5) is 10.1 Å². The van der Waals surface area contributed by atoms with Crippen molar-refractivity contribution in [2.75, 3.05) is 25.0 Å². The average Bonchev–Trinajstić information content (AvgIpc) is 2.61. The predicted molar refractivity (Wildman–Crippen MR) is 94.8 cm³/mol. The van der Waals surface area contributed by atoms with Crippen molar-refractivity contribution >= 4 is 11.6 Å². The van der Waals surface area contributed by atoms with Gasteiger partial charge in [-0.3, -0.25) is 4.79 Å². The van der Waals surface area contributed by atoms with Gasteiger partial charge in [0.1, 0.15) is 17.3 Å². The van der Waals surface area contributed by atoms with Crippen LogP contribution in [-0.2, 0) is 11.2 Å². The van der Waals surface area contributed by atoms with Gasteiger partial charge in [-0.1, -0.05) is 12.1 Å². The molecule has 6 nitrogen and oxygen atoms in total. The first kappa shape index (κ1) is 18.2. The Labute approximate surface area is 150 Å². The third-order valence-corrected chi connectivity index (χ3v) is 4.15. The summed E-state index contributed by atoms with van der Waals surface area (Å²) in [5, 5.41) is 26.0. The molecule has 26 heavy (non-hydrogen) atoms. The second-order valence-corrected chi connectivity index (χ2v) is 6.20. The number of benzene rings is 2. The molecule has 138 valence electrons. The molecule has 3 rings (SSSR count). The summed E-state index contributed by atoms with van der Waals surface area (Å²) in [6.07, 6.45) is 0.750. The SMILES string of the molecule is O=C1COc2c(cc(O)cc2C(O)CNCCCc2ccc(F)cc2)N1. The van der Waals surface area contributed by atoms with Crippen LogP contribution in [-0.4, -0.2) is 35.8 Å². The molecule has 0 fully saturated rings. The lowest BCUT2D eigenvalue weighted by molar-refractivity contribution is -0.118. The van der Waals surface area contributed by atoms with Gasteiger partial charge in [-0.15, -0.1) is 0 Å². The molecule has 0 bridgehead atoms. The van der Waals surface area contributed by atoms with Crippen LogP contribution in [0, 0.1) is 5.82 Å². The third-order valence-electron chi connectivity index (χ3n) is 4.15. The van der Waals surface area contributed by atoms with E-state index in [4.69, 9.17) is 4.74 Å². The Hall–Kier alpha value is -2.64. The van der Waals surface area contributed by atoms with Gasteiger partial charge in [-0.25, -0.2) is 4.39 Å². The van der Waals surface area contributed by atoms with E-state index in [0.717, 1.165) is 18.4 Å². The number of rotatable bonds is 7. The molecule has 1 heterocycles. The molecular weight excluding hydrogens is 339 g/mol. The van der Waals surface area contributed by atoms with Gasteiger partial charge < -0.3 is 25.6 Å². The van der Waals surface area contributed by atoms with Crippen LogP contribution in [0.25, 0.3) is 0 Å². The summed E-state index contributed by atoms with van der Waals surface area (Å²) in [5.74, 6) is -0.228. The van der Waals surface area contributed by atoms with Gasteiger partial charge >= 0.3 is 0 Å². The van der Waals surface area contributed by atoms with Crippen molar-refractivity contribution in [3.63, 3.8) is 0 Å². The number of aromatic hydroxyl groups is 1. The number of aryl methyl sites for hydroxylation is 1. The van der Waals surface area contributed by atoms with E-state index >= 15 is 0 Å². The molecular formula is C19H21FN2O4. The van der Waals surface area contributed by atoms with Crippen LogP contribution in [0.5, 0.6) is 11.5 Å². The number of aliphatic hydroxyl groups is 1. The number of carbonyl (C=O) groups is 1. The molecule has 7 heteroatoms. The van der Waals surface area contributed by atoms with E-state index < -0.39 is 6.10 Å². The summed E-state index contributed by atoms with van der Waals surface area (Å²) in [6, 6.07) is 9.22. The van der Waals surface area contributed by atoms with Crippen molar-refractivity contribution in [3.05, 3.63) is 53.3 Å². The minimum atomic E-state index is -0.892. The van der Waals surface area contributed by atoms with E-state index in [1.54, 1.807) is 12.1 Å². The number of hydrogen-bond acceptors (Lipinski definition) is 5. The first-order valence-corrected chi connectivity index (χ1v) is 8.45. The molecule has 0 saturated heterocycles.